The van der Waals surface area contributed by atoms with E-state index in [9.17, 15) is 9.59 Å². The zero-order valence-electron chi connectivity index (χ0n) is 18.9. The first-order valence-corrected chi connectivity index (χ1v) is 11.7. The number of hydrogen-bond donors (Lipinski definition) is 1. The maximum atomic E-state index is 12.6. The van der Waals surface area contributed by atoms with Gasteiger partial charge in [-0.15, -0.1) is 0 Å². The standard InChI is InChI=1S/C23H23BrN4O6/c1-23(2,3)33-22(30)28-8-6-13(7-9-28)31-17-11-16(34-27-17)20-25-18-14-10-12(24)4-5-15(14)32-19(18)21(29)26-20/h4-5,10-11,13H,6-9H2,1-3H3,(H,25,26,29). The van der Waals surface area contributed by atoms with Crippen LogP contribution in [0.2, 0.25) is 0 Å². The maximum Gasteiger partial charge on any atom is 0.410 e. The van der Waals surface area contributed by atoms with Crippen molar-refractivity contribution in [1.82, 2.24) is 20.0 Å². The van der Waals surface area contributed by atoms with Gasteiger partial charge in [-0.05, 0) is 44.1 Å². The molecular weight excluding hydrogens is 508 g/mol. The number of likely N-dealkylation sites (tertiary alicyclic amines) is 1. The highest BCUT2D eigenvalue weighted by molar-refractivity contribution is 9.10. The number of amides is 1. The van der Waals surface area contributed by atoms with E-state index in [1.807, 2.05) is 32.9 Å². The zero-order valence-corrected chi connectivity index (χ0v) is 20.5. The summed E-state index contributed by atoms with van der Waals surface area (Å²) in [6.07, 6.45) is 0.830. The van der Waals surface area contributed by atoms with Crippen molar-refractivity contribution in [3.63, 3.8) is 0 Å². The number of aromatic amines is 1. The lowest BCUT2D eigenvalue weighted by molar-refractivity contribution is 0.0120. The van der Waals surface area contributed by atoms with Crippen molar-refractivity contribution >= 4 is 44.1 Å². The number of nitrogens with one attached hydrogen (secondary N) is 1. The Morgan fingerprint density at radius 2 is 2.00 bits per heavy atom. The normalized spacial score (nSPS) is 15.2. The lowest BCUT2D eigenvalue weighted by Gasteiger charge is -2.33. The van der Waals surface area contributed by atoms with Gasteiger partial charge in [0.2, 0.25) is 11.3 Å². The summed E-state index contributed by atoms with van der Waals surface area (Å²) in [7, 11) is 0. The number of fused-ring (bicyclic) bond motifs is 3. The molecule has 1 aliphatic rings. The Hall–Kier alpha value is -3.34. The van der Waals surface area contributed by atoms with Gasteiger partial charge in [-0.2, -0.15) is 0 Å². The summed E-state index contributed by atoms with van der Waals surface area (Å²) in [5, 5.41) is 4.68. The van der Waals surface area contributed by atoms with Gasteiger partial charge < -0.3 is 28.3 Å². The Morgan fingerprint density at radius 3 is 2.74 bits per heavy atom. The van der Waals surface area contributed by atoms with Gasteiger partial charge in [-0.25, -0.2) is 9.78 Å². The van der Waals surface area contributed by atoms with E-state index in [4.69, 9.17) is 18.4 Å². The van der Waals surface area contributed by atoms with Crippen LogP contribution >= 0.6 is 15.9 Å². The van der Waals surface area contributed by atoms with E-state index in [1.165, 1.54) is 0 Å². The topological polar surface area (TPSA) is 124 Å². The molecule has 34 heavy (non-hydrogen) atoms. The van der Waals surface area contributed by atoms with Gasteiger partial charge >= 0.3 is 6.09 Å². The number of rotatable bonds is 3. The maximum absolute atomic E-state index is 12.6. The zero-order chi connectivity index (χ0) is 24.0. The lowest BCUT2D eigenvalue weighted by Crippen LogP contribution is -2.44. The fraction of sp³-hybridized carbons (Fsp3) is 0.391. The van der Waals surface area contributed by atoms with Crippen LogP contribution in [0, 0.1) is 0 Å². The average molecular weight is 531 g/mol. The smallest absolute Gasteiger partial charge is 0.410 e. The van der Waals surface area contributed by atoms with Gasteiger partial charge in [0, 0.05) is 35.8 Å². The molecule has 0 radical (unpaired) electrons. The molecule has 10 nitrogen and oxygen atoms in total. The number of aromatic nitrogens is 3. The van der Waals surface area contributed by atoms with Crippen molar-refractivity contribution in [3.05, 3.63) is 39.1 Å². The minimum absolute atomic E-state index is 0.124. The van der Waals surface area contributed by atoms with Gasteiger partial charge in [0.15, 0.2) is 5.82 Å². The molecule has 0 unspecified atom stereocenters. The SMILES string of the molecule is CC(C)(C)OC(=O)N1CCC(Oc2cc(-c3nc4c(oc5ccc(Br)cc54)c(=O)[nH]3)on2)CC1. The third-order valence-electron chi connectivity index (χ3n) is 5.39. The summed E-state index contributed by atoms with van der Waals surface area (Å²) in [6, 6.07) is 7.03. The average Bonchev–Trinajstić information content (AvgIpc) is 3.38. The first kappa shape index (κ1) is 22.5. The molecule has 1 saturated heterocycles. The summed E-state index contributed by atoms with van der Waals surface area (Å²) in [6.45, 7) is 6.59. The monoisotopic (exact) mass is 530 g/mol. The first-order chi connectivity index (χ1) is 16.2. The van der Waals surface area contributed by atoms with E-state index >= 15 is 0 Å². The van der Waals surface area contributed by atoms with E-state index < -0.39 is 11.2 Å². The van der Waals surface area contributed by atoms with Crippen molar-refractivity contribution in [1.29, 1.82) is 0 Å². The van der Waals surface area contributed by atoms with Crippen molar-refractivity contribution in [2.45, 2.75) is 45.3 Å². The summed E-state index contributed by atoms with van der Waals surface area (Å²) < 4.78 is 23.3. The Morgan fingerprint density at radius 1 is 1.24 bits per heavy atom. The number of carbonyl (C=O) groups excluding carboxylic acids is 1. The highest BCUT2D eigenvalue weighted by Crippen LogP contribution is 2.30. The molecule has 4 heterocycles. The van der Waals surface area contributed by atoms with Crippen LogP contribution in [0.25, 0.3) is 33.7 Å². The fourth-order valence-corrected chi connectivity index (χ4v) is 4.18. The second kappa shape index (κ2) is 8.46. The van der Waals surface area contributed by atoms with Gasteiger partial charge in [0.1, 0.15) is 22.8 Å². The van der Waals surface area contributed by atoms with E-state index in [-0.39, 0.29) is 35.2 Å². The van der Waals surface area contributed by atoms with Gasteiger partial charge in [0.25, 0.3) is 11.4 Å². The summed E-state index contributed by atoms with van der Waals surface area (Å²) in [5.41, 5.74) is 0.195. The number of piperidine rings is 1. The minimum Gasteiger partial charge on any atom is -0.472 e. The van der Waals surface area contributed by atoms with E-state index in [2.05, 4.69) is 31.1 Å². The van der Waals surface area contributed by atoms with Crippen LogP contribution < -0.4 is 10.3 Å². The number of halogens is 1. The first-order valence-electron chi connectivity index (χ1n) is 10.9. The minimum atomic E-state index is -0.529. The third-order valence-corrected chi connectivity index (χ3v) is 5.88. The van der Waals surface area contributed by atoms with Crippen LogP contribution in [0.1, 0.15) is 33.6 Å². The lowest BCUT2D eigenvalue weighted by atomic mass is 10.1. The molecule has 0 saturated carbocycles. The number of furan rings is 1. The van der Waals surface area contributed by atoms with Crippen molar-refractivity contribution in [3.8, 4) is 17.5 Å². The van der Waals surface area contributed by atoms with Crippen LogP contribution in [0.3, 0.4) is 0 Å². The number of carbonyl (C=O) groups is 1. The molecule has 178 valence electrons. The Bertz CT molecular complexity index is 1430. The highest BCUT2D eigenvalue weighted by atomic mass is 79.9. The van der Waals surface area contributed by atoms with Gasteiger partial charge in [-0.1, -0.05) is 15.9 Å². The van der Waals surface area contributed by atoms with Crippen LogP contribution in [0.15, 0.2) is 42.5 Å². The number of H-pyrrole nitrogens is 1. The molecule has 11 heteroatoms. The molecule has 0 aliphatic carbocycles. The number of ether oxygens (including phenoxy) is 2. The Balaban J connectivity index is 1.30. The molecule has 0 spiro atoms. The summed E-state index contributed by atoms with van der Waals surface area (Å²) >= 11 is 3.43. The Kier molecular flexibility index (Phi) is 5.59. The largest absolute Gasteiger partial charge is 0.472 e. The fourth-order valence-electron chi connectivity index (χ4n) is 3.82. The number of benzene rings is 1. The van der Waals surface area contributed by atoms with Crippen molar-refractivity contribution < 1.29 is 23.2 Å². The summed E-state index contributed by atoms with van der Waals surface area (Å²) in [5.74, 6) is 0.778. The molecule has 1 amide bonds. The molecule has 3 aromatic heterocycles. The van der Waals surface area contributed by atoms with Crippen LogP contribution in [-0.2, 0) is 4.74 Å². The quantitative estimate of drug-likeness (QED) is 0.398. The molecule has 1 aliphatic heterocycles. The van der Waals surface area contributed by atoms with E-state index in [0.717, 1.165) is 4.47 Å². The molecule has 1 fully saturated rings. The number of hydrogen-bond acceptors (Lipinski definition) is 8. The van der Waals surface area contributed by atoms with E-state index in [0.29, 0.717) is 42.4 Å². The molecule has 5 rings (SSSR count). The Labute approximate surface area is 202 Å². The van der Waals surface area contributed by atoms with Crippen molar-refractivity contribution in [2.24, 2.45) is 0 Å². The van der Waals surface area contributed by atoms with E-state index in [1.54, 1.807) is 17.0 Å². The second-order valence-electron chi connectivity index (χ2n) is 9.15. The van der Waals surface area contributed by atoms with Gasteiger partial charge in [-0.3, -0.25) is 4.79 Å². The molecule has 0 atom stereocenters. The molecular formula is C23H23BrN4O6. The molecule has 4 aromatic rings. The predicted molar refractivity (Wildman–Crippen MR) is 127 cm³/mol. The number of nitrogens with zero attached hydrogens (tertiary/aromatic N) is 3. The molecule has 1 aromatic carbocycles. The van der Waals surface area contributed by atoms with Crippen molar-refractivity contribution in [2.75, 3.05) is 13.1 Å². The third kappa shape index (κ3) is 4.52. The second-order valence-corrected chi connectivity index (χ2v) is 10.1. The highest BCUT2D eigenvalue weighted by Gasteiger charge is 2.28. The van der Waals surface area contributed by atoms with Crippen LogP contribution in [0.5, 0.6) is 5.88 Å². The van der Waals surface area contributed by atoms with Crippen LogP contribution in [0.4, 0.5) is 4.79 Å². The molecule has 0 bridgehead atoms. The summed E-state index contributed by atoms with van der Waals surface area (Å²) in [4.78, 5) is 33.7. The molecule has 1 N–H and O–H groups in total. The van der Waals surface area contributed by atoms with Gasteiger partial charge in [0.05, 0.1) is 6.07 Å². The predicted octanol–water partition coefficient (Wildman–Crippen LogP) is 4.87. The van der Waals surface area contributed by atoms with Crippen LogP contribution in [-0.4, -0.2) is 50.9 Å².